The van der Waals surface area contributed by atoms with Crippen molar-refractivity contribution in [2.45, 2.75) is 38.8 Å². The number of hydrogen-bond acceptors (Lipinski definition) is 4. The number of carboxylic acids is 2. The number of aryl methyl sites for hydroxylation is 2. The number of benzene rings is 2. The molecule has 0 unspecified atom stereocenters. The zero-order valence-electron chi connectivity index (χ0n) is 17.8. The largest absolute Gasteiger partial charge is 0.493 e. The van der Waals surface area contributed by atoms with E-state index >= 15 is 0 Å². The molecule has 0 fully saturated rings. The molecule has 0 aliphatic heterocycles. The molecule has 3 N–H and O–H groups in total. The van der Waals surface area contributed by atoms with E-state index in [0.29, 0.717) is 13.2 Å². The van der Waals surface area contributed by atoms with Crippen LogP contribution in [0.1, 0.15) is 29.5 Å². The van der Waals surface area contributed by atoms with E-state index in [1.807, 2.05) is 12.1 Å². The zero-order valence-corrected chi connectivity index (χ0v) is 17.8. The monoisotopic (exact) mass is 455 g/mol. The Morgan fingerprint density at radius 2 is 1.44 bits per heavy atom. The second kappa shape index (κ2) is 14.1. The van der Waals surface area contributed by atoms with Crippen molar-refractivity contribution in [3.63, 3.8) is 0 Å². The Morgan fingerprint density at radius 1 is 0.906 bits per heavy atom. The van der Waals surface area contributed by atoms with Crippen LogP contribution in [0.3, 0.4) is 0 Å². The lowest BCUT2D eigenvalue weighted by atomic mass is 10.1. The molecule has 0 heterocycles. The smallest absolute Gasteiger partial charge is 0.490 e. The van der Waals surface area contributed by atoms with Crippen LogP contribution < -0.4 is 10.1 Å². The molecule has 6 nitrogen and oxygen atoms in total. The first-order valence-corrected chi connectivity index (χ1v) is 10.1. The lowest BCUT2D eigenvalue weighted by Gasteiger charge is -2.08. The molecular weight excluding hydrogens is 427 g/mol. The van der Waals surface area contributed by atoms with E-state index in [-0.39, 0.29) is 6.42 Å². The molecule has 0 bridgehead atoms. The standard InChI is InChI=1S/C21H27NO3.C2HF3O2/c1-17-4-6-19(7-5-17)13-16-25-20-10-8-18(9-11-20)3-2-14-22-15-12-21(23)24;3-2(4,5)1(6)7/h4-11,22H,2-3,12-16H2,1H3,(H,23,24);(H,6,7). The molecule has 2 aromatic carbocycles. The Bertz CT molecular complexity index is 821. The third-order valence-corrected chi connectivity index (χ3v) is 4.28. The van der Waals surface area contributed by atoms with Crippen molar-refractivity contribution in [2.24, 2.45) is 0 Å². The van der Waals surface area contributed by atoms with Gasteiger partial charge in [0.05, 0.1) is 13.0 Å². The van der Waals surface area contributed by atoms with Gasteiger partial charge in [-0.1, -0.05) is 42.0 Å². The molecule has 32 heavy (non-hydrogen) atoms. The Hall–Kier alpha value is -3.07. The summed E-state index contributed by atoms with van der Waals surface area (Å²) in [7, 11) is 0. The first kappa shape index (κ1) is 27.0. The number of halogens is 3. The van der Waals surface area contributed by atoms with Crippen molar-refractivity contribution in [1.82, 2.24) is 5.32 Å². The molecule has 0 radical (unpaired) electrons. The molecule has 2 aromatic rings. The van der Waals surface area contributed by atoms with Gasteiger partial charge in [-0.25, -0.2) is 4.79 Å². The topological polar surface area (TPSA) is 95.9 Å². The second-order valence-electron chi connectivity index (χ2n) is 7.03. The van der Waals surface area contributed by atoms with Crippen molar-refractivity contribution in [2.75, 3.05) is 19.7 Å². The SMILES string of the molecule is Cc1ccc(CCOc2ccc(CCCNCCC(=O)O)cc2)cc1.O=C(O)C(F)(F)F. The van der Waals surface area contributed by atoms with E-state index in [0.717, 1.165) is 31.6 Å². The van der Waals surface area contributed by atoms with E-state index in [1.54, 1.807) is 0 Å². The van der Waals surface area contributed by atoms with Crippen LogP contribution in [0.4, 0.5) is 13.2 Å². The molecule has 2 rings (SSSR count). The average molecular weight is 455 g/mol. The minimum atomic E-state index is -5.08. The number of ether oxygens (including phenoxy) is 1. The predicted octanol–water partition coefficient (Wildman–Crippen LogP) is 4.25. The summed E-state index contributed by atoms with van der Waals surface area (Å²) in [4.78, 5) is 19.3. The van der Waals surface area contributed by atoms with Gasteiger partial charge in [-0.3, -0.25) is 4.79 Å². The van der Waals surface area contributed by atoms with E-state index in [9.17, 15) is 18.0 Å². The van der Waals surface area contributed by atoms with Crippen molar-refractivity contribution < 1.29 is 37.7 Å². The summed E-state index contributed by atoms with van der Waals surface area (Å²) >= 11 is 0. The molecule has 176 valence electrons. The summed E-state index contributed by atoms with van der Waals surface area (Å²) in [5.41, 5.74) is 3.83. The Labute approximate surface area is 185 Å². The predicted molar refractivity (Wildman–Crippen MR) is 114 cm³/mol. The Morgan fingerprint density at radius 3 is 1.97 bits per heavy atom. The molecule has 0 spiro atoms. The first-order valence-electron chi connectivity index (χ1n) is 10.1. The number of carboxylic acid groups (broad SMARTS) is 2. The summed E-state index contributed by atoms with van der Waals surface area (Å²) in [5, 5.41) is 18.8. The Balaban J connectivity index is 0.000000633. The molecule has 0 amide bonds. The summed E-state index contributed by atoms with van der Waals surface area (Å²) in [6, 6.07) is 16.8. The molecule has 0 saturated carbocycles. The summed E-state index contributed by atoms with van der Waals surface area (Å²) in [5.74, 6) is -2.62. The molecular formula is C23H28F3NO5. The van der Waals surface area contributed by atoms with Crippen molar-refractivity contribution in [3.05, 3.63) is 65.2 Å². The van der Waals surface area contributed by atoms with Gasteiger partial charge in [0.1, 0.15) is 5.75 Å². The third-order valence-electron chi connectivity index (χ3n) is 4.28. The summed E-state index contributed by atoms with van der Waals surface area (Å²) in [6.45, 7) is 4.13. The number of rotatable bonds is 11. The van der Waals surface area contributed by atoms with Crippen LogP contribution in [-0.2, 0) is 22.4 Å². The number of carbonyl (C=O) groups is 2. The maximum Gasteiger partial charge on any atom is 0.490 e. The lowest BCUT2D eigenvalue weighted by molar-refractivity contribution is -0.192. The lowest BCUT2D eigenvalue weighted by Crippen LogP contribution is -2.21. The normalized spacial score (nSPS) is 10.8. The zero-order chi connectivity index (χ0) is 24.0. The van der Waals surface area contributed by atoms with E-state index < -0.39 is 18.1 Å². The van der Waals surface area contributed by atoms with E-state index in [4.69, 9.17) is 19.7 Å². The highest BCUT2D eigenvalue weighted by Crippen LogP contribution is 2.14. The van der Waals surface area contributed by atoms with E-state index in [1.165, 1.54) is 16.7 Å². The highest BCUT2D eigenvalue weighted by molar-refractivity contribution is 5.73. The van der Waals surface area contributed by atoms with Gasteiger partial charge in [0.2, 0.25) is 0 Å². The molecule has 0 saturated heterocycles. The second-order valence-corrected chi connectivity index (χ2v) is 7.03. The maximum atomic E-state index is 10.6. The minimum absolute atomic E-state index is 0.175. The summed E-state index contributed by atoms with van der Waals surface area (Å²) in [6.07, 6.45) is -2.03. The van der Waals surface area contributed by atoms with Gasteiger partial charge < -0.3 is 20.3 Å². The van der Waals surface area contributed by atoms with Gasteiger partial charge in [0.15, 0.2) is 0 Å². The molecule has 9 heteroatoms. The third kappa shape index (κ3) is 12.6. The first-order chi connectivity index (χ1) is 15.1. The van der Waals surface area contributed by atoms with Gasteiger partial charge >= 0.3 is 18.1 Å². The average Bonchev–Trinajstić information content (AvgIpc) is 2.72. The van der Waals surface area contributed by atoms with Crippen molar-refractivity contribution in [1.29, 1.82) is 0 Å². The van der Waals surface area contributed by atoms with Gasteiger partial charge in [-0.2, -0.15) is 13.2 Å². The summed E-state index contributed by atoms with van der Waals surface area (Å²) < 4.78 is 37.5. The van der Waals surface area contributed by atoms with Crippen molar-refractivity contribution >= 4 is 11.9 Å². The van der Waals surface area contributed by atoms with Gasteiger partial charge in [-0.15, -0.1) is 0 Å². The quantitative estimate of drug-likeness (QED) is 0.439. The Kier molecular flexibility index (Phi) is 11.9. The number of hydrogen-bond donors (Lipinski definition) is 3. The van der Waals surface area contributed by atoms with Crippen LogP contribution in [0, 0.1) is 6.92 Å². The van der Waals surface area contributed by atoms with Gasteiger partial charge in [0.25, 0.3) is 0 Å². The van der Waals surface area contributed by atoms with Crippen LogP contribution in [0.5, 0.6) is 5.75 Å². The van der Waals surface area contributed by atoms with Crippen LogP contribution in [-0.4, -0.2) is 48.0 Å². The fourth-order valence-corrected chi connectivity index (χ4v) is 2.53. The molecule has 0 atom stereocenters. The molecule has 0 aromatic heterocycles. The van der Waals surface area contributed by atoms with E-state index in [2.05, 4.69) is 48.6 Å². The fraction of sp³-hybridized carbons (Fsp3) is 0.391. The van der Waals surface area contributed by atoms with Crippen LogP contribution in [0.25, 0.3) is 0 Å². The minimum Gasteiger partial charge on any atom is -0.493 e. The van der Waals surface area contributed by atoms with Crippen LogP contribution in [0.15, 0.2) is 48.5 Å². The fourth-order valence-electron chi connectivity index (χ4n) is 2.53. The van der Waals surface area contributed by atoms with Gasteiger partial charge in [-0.05, 0) is 49.6 Å². The highest BCUT2D eigenvalue weighted by Gasteiger charge is 2.38. The van der Waals surface area contributed by atoms with Crippen molar-refractivity contribution in [3.8, 4) is 5.75 Å². The van der Waals surface area contributed by atoms with Crippen LogP contribution >= 0.6 is 0 Å². The number of nitrogens with one attached hydrogen (secondary N) is 1. The highest BCUT2D eigenvalue weighted by atomic mass is 19.4. The van der Waals surface area contributed by atoms with Crippen LogP contribution in [0.2, 0.25) is 0 Å². The maximum absolute atomic E-state index is 10.6. The molecule has 0 aliphatic rings. The molecule has 0 aliphatic carbocycles. The number of aliphatic carboxylic acids is 2. The van der Waals surface area contributed by atoms with Gasteiger partial charge in [0, 0.05) is 13.0 Å². The number of alkyl halides is 3.